The molecule has 1 heterocycles. The van der Waals surface area contributed by atoms with Gasteiger partial charge in [0, 0.05) is 19.3 Å². The second-order valence-corrected chi connectivity index (χ2v) is 19.9. The summed E-state index contributed by atoms with van der Waals surface area (Å²) in [4.78, 5) is 51.1. The van der Waals surface area contributed by atoms with Crippen molar-refractivity contribution in [1.29, 1.82) is 0 Å². The van der Waals surface area contributed by atoms with Crippen LogP contribution < -0.4 is 0 Å². The lowest BCUT2D eigenvalue weighted by atomic mass is 9.98. The van der Waals surface area contributed by atoms with E-state index in [1.54, 1.807) is 0 Å². The van der Waals surface area contributed by atoms with Crippen molar-refractivity contribution in [3.05, 3.63) is 85.1 Å². The van der Waals surface area contributed by atoms with E-state index in [9.17, 15) is 34.5 Å². The average molecular weight is 1050 g/mol. The lowest BCUT2D eigenvalue weighted by Gasteiger charge is -2.40. The fourth-order valence-electron chi connectivity index (χ4n) is 8.39. The summed E-state index contributed by atoms with van der Waals surface area (Å²) in [6.45, 7) is 5.78. The number of rotatable bonds is 49. The Labute approximate surface area is 454 Å². The number of unbranched alkanes of at least 4 members (excludes halogenated alkanes) is 21. The van der Waals surface area contributed by atoms with Gasteiger partial charge in [-0.1, -0.05) is 196 Å². The Morgan fingerprint density at radius 3 is 1.35 bits per heavy atom. The number of allylic oxidation sites excluding steroid dienone is 14. The SMILES string of the molecule is CC/C=C\C/C=C\C/C=C\C/C=C\CCCCCCC(=O)OC1C(OCC(COC(=O)CCCCCCC/C=C\CCCCCCCC)OC(=O)CCCCCCC/C=C\C/C=C\CCC)OC(C(=O)O)C(O)C1O. The highest BCUT2D eigenvalue weighted by Gasteiger charge is 2.50. The van der Waals surface area contributed by atoms with E-state index in [2.05, 4.69) is 106 Å². The molecular formula is C63H104O12. The summed E-state index contributed by atoms with van der Waals surface area (Å²) in [6.07, 6.45) is 52.6. The number of ether oxygens (including phenoxy) is 5. The van der Waals surface area contributed by atoms with Gasteiger partial charge in [-0.2, -0.15) is 0 Å². The molecule has 0 saturated carbocycles. The molecule has 3 N–H and O–H groups in total. The molecule has 0 spiro atoms. The van der Waals surface area contributed by atoms with Crippen molar-refractivity contribution in [2.24, 2.45) is 0 Å². The van der Waals surface area contributed by atoms with E-state index in [0.29, 0.717) is 19.3 Å². The first kappa shape index (κ1) is 68.9. The van der Waals surface area contributed by atoms with Crippen molar-refractivity contribution in [2.45, 2.75) is 276 Å². The zero-order valence-corrected chi connectivity index (χ0v) is 47.0. The van der Waals surface area contributed by atoms with Crippen LogP contribution in [0.2, 0.25) is 0 Å². The first-order chi connectivity index (χ1) is 36.6. The number of hydrogen-bond donors (Lipinski definition) is 3. The van der Waals surface area contributed by atoms with Crippen LogP contribution in [0.15, 0.2) is 85.1 Å². The molecule has 1 rings (SSSR count). The summed E-state index contributed by atoms with van der Waals surface area (Å²) in [7, 11) is 0. The number of carboxylic acids is 1. The first-order valence-corrected chi connectivity index (χ1v) is 29.6. The third-order valence-electron chi connectivity index (χ3n) is 12.9. The van der Waals surface area contributed by atoms with Crippen molar-refractivity contribution in [1.82, 2.24) is 0 Å². The monoisotopic (exact) mass is 1050 g/mol. The highest BCUT2D eigenvalue weighted by molar-refractivity contribution is 5.74. The topological polar surface area (TPSA) is 175 Å². The van der Waals surface area contributed by atoms with Crippen LogP contribution in [0.4, 0.5) is 0 Å². The van der Waals surface area contributed by atoms with Crippen molar-refractivity contribution in [2.75, 3.05) is 13.2 Å². The van der Waals surface area contributed by atoms with E-state index >= 15 is 0 Å². The zero-order chi connectivity index (χ0) is 54.7. The van der Waals surface area contributed by atoms with Crippen molar-refractivity contribution in [3.63, 3.8) is 0 Å². The summed E-state index contributed by atoms with van der Waals surface area (Å²) < 4.78 is 28.4. The number of aliphatic carboxylic acids is 1. The van der Waals surface area contributed by atoms with Gasteiger partial charge < -0.3 is 39.0 Å². The van der Waals surface area contributed by atoms with Gasteiger partial charge in [0.2, 0.25) is 0 Å². The van der Waals surface area contributed by atoms with Gasteiger partial charge in [0.15, 0.2) is 24.6 Å². The Morgan fingerprint density at radius 1 is 0.453 bits per heavy atom. The molecule has 1 fully saturated rings. The lowest BCUT2D eigenvalue weighted by Crippen LogP contribution is -2.61. The van der Waals surface area contributed by atoms with Gasteiger partial charge in [-0.05, 0) is 109 Å². The van der Waals surface area contributed by atoms with Crippen LogP contribution in [-0.4, -0.2) is 89.2 Å². The van der Waals surface area contributed by atoms with Gasteiger partial charge in [0.05, 0.1) is 6.61 Å². The lowest BCUT2D eigenvalue weighted by molar-refractivity contribution is -0.301. The predicted octanol–water partition coefficient (Wildman–Crippen LogP) is 15.1. The summed E-state index contributed by atoms with van der Waals surface area (Å²) in [5, 5.41) is 31.5. The summed E-state index contributed by atoms with van der Waals surface area (Å²) in [6, 6.07) is 0. The van der Waals surface area contributed by atoms with Gasteiger partial charge in [-0.25, -0.2) is 4.79 Å². The fourth-order valence-corrected chi connectivity index (χ4v) is 8.39. The quantitative estimate of drug-likeness (QED) is 0.0228. The summed E-state index contributed by atoms with van der Waals surface area (Å²) in [5.41, 5.74) is 0. The third kappa shape index (κ3) is 40.8. The van der Waals surface area contributed by atoms with E-state index in [4.69, 9.17) is 23.7 Å². The van der Waals surface area contributed by atoms with Crippen molar-refractivity contribution in [3.8, 4) is 0 Å². The summed E-state index contributed by atoms with van der Waals surface area (Å²) >= 11 is 0. The van der Waals surface area contributed by atoms with E-state index in [-0.39, 0.29) is 25.9 Å². The number of carbonyl (C=O) groups is 4. The largest absolute Gasteiger partial charge is 0.479 e. The molecule has 428 valence electrons. The van der Waals surface area contributed by atoms with Gasteiger partial charge in [-0.3, -0.25) is 14.4 Å². The Bertz CT molecular complexity index is 1630. The Hall–Kier alpha value is -4.10. The summed E-state index contributed by atoms with van der Waals surface area (Å²) in [5.74, 6) is -3.18. The molecule has 75 heavy (non-hydrogen) atoms. The Morgan fingerprint density at radius 2 is 0.867 bits per heavy atom. The van der Waals surface area contributed by atoms with Crippen LogP contribution in [0.1, 0.15) is 239 Å². The molecule has 0 aromatic carbocycles. The Balaban J connectivity index is 2.72. The molecular weight excluding hydrogens is 949 g/mol. The van der Waals surface area contributed by atoms with E-state index in [0.717, 1.165) is 141 Å². The molecule has 0 bridgehead atoms. The molecule has 6 unspecified atom stereocenters. The second-order valence-electron chi connectivity index (χ2n) is 19.9. The number of aliphatic hydroxyl groups excluding tert-OH is 2. The molecule has 0 amide bonds. The molecule has 1 saturated heterocycles. The minimum Gasteiger partial charge on any atom is -0.479 e. The molecule has 1 aliphatic rings. The molecule has 0 aromatic heterocycles. The number of carbonyl (C=O) groups excluding carboxylic acids is 3. The third-order valence-corrected chi connectivity index (χ3v) is 12.9. The number of carboxylic acid groups (broad SMARTS) is 1. The highest BCUT2D eigenvalue weighted by atomic mass is 16.7. The molecule has 0 aromatic rings. The van der Waals surface area contributed by atoms with E-state index in [1.807, 2.05) is 0 Å². The maximum atomic E-state index is 13.1. The van der Waals surface area contributed by atoms with Gasteiger partial charge >= 0.3 is 23.9 Å². The Kier molecular flexibility index (Phi) is 46.6. The van der Waals surface area contributed by atoms with Crippen LogP contribution in [0, 0.1) is 0 Å². The fraction of sp³-hybridized carbons (Fsp3) is 0.714. The first-order valence-electron chi connectivity index (χ1n) is 29.6. The second kappa shape index (κ2) is 50.7. The number of esters is 3. The number of hydrogen-bond acceptors (Lipinski definition) is 11. The van der Waals surface area contributed by atoms with Crippen molar-refractivity contribution < 1.29 is 58.2 Å². The number of aliphatic hydroxyl groups is 2. The molecule has 1 aliphatic heterocycles. The predicted molar refractivity (Wildman–Crippen MR) is 303 cm³/mol. The minimum atomic E-state index is -1.92. The van der Waals surface area contributed by atoms with E-state index in [1.165, 1.54) is 38.5 Å². The van der Waals surface area contributed by atoms with Crippen LogP contribution >= 0.6 is 0 Å². The highest BCUT2D eigenvalue weighted by Crippen LogP contribution is 2.26. The van der Waals surface area contributed by atoms with E-state index < -0.39 is 67.3 Å². The van der Waals surface area contributed by atoms with Crippen LogP contribution in [0.5, 0.6) is 0 Å². The van der Waals surface area contributed by atoms with Crippen molar-refractivity contribution >= 4 is 23.9 Å². The molecule has 0 aliphatic carbocycles. The van der Waals surface area contributed by atoms with Crippen LogP contribution in [-0.2, 0) is 42.9 Å². The van der Waals surface area contributed by atoms with Crippen LogP contribution in [0.3, 0.4) is 0 Å². The normalized spacial score (nSPS) is 18.8. The average Bonchev–Trinajstić information content (AvgIpc) is 3.39. The van der Waals surface area contributed by atoms with Gasteiger partial charge in [0.25, 0.3) is 0 Å². The van der Waals surface area contributed by atoms with Gasteiger partial charge in [0.1, 0.15) is 18.8 Å². The van der Waals surface area contributed by atoms with Gasteiger partial charge in [-0.15, -0.1) is 0 Å². The zero-order valence-electron chi connectivity index (χ0n) is 47.0. The minimum absolute atomic E-state index is 0.0271. The maximum absolute atomic E-state index is 13.1. The maximum Gasteiger partial charge on any atom is 0.335 e. The smallest absolute Gasteiger partial charge is 0.335 e. The standard InChI is InChI=1S/C63H104O12/c1-4-7-10-13-16-19-22-25-27-28-30-33-36-39-42-45-48-51-57(66)74-61-59(68)58(67)60(62(69)70)75-63(61)72-53-54(73-56(65)50-47-44-41-38-35-31-24-21-18-15-12-9-6-3)52-71-55(64)49-46-43-40-37-34-32-29-26-23-20-17-14-11-8-5-2/h7,10,12,15-16,19,21,24-27,29-30,33,54,58-61,63,67-68H,4-6,8-9,11,13-14,17-18,20,22-23,28,31-32,34-53H2,1-3H3,(H,69,70)/b10-7-,15-12-,19-16-,24-21-,27-25-,29-26-,33-30-. The molecule has 6 atom stereocenters. The van der Waals surface area contributed by atoms with Crippen LogP contribution in [0.25, 0.3) is 0 Å². The molecule has 12 heteroatoms. The molecule has 12 nitrogen and oxygen atoms in total. The molecule has 0 radical (unpaired) electrons.